The molecule has 22 heavy (non-hydrogen) atoms. The lowest BCUT2D eigenvalue weighted by molar-refractivity contribution is 0.171. The molecule has 2 aromatic rings. The topological polar surface area (TPSA) is 19.4 Å². The molecule has 0 spiro atoms. The summed E-state index contributed by atoms with van der Waals surface area (Å²) in [5.41, 5.74) is 3.70. The molecule has 0 unspecified atom stereocenters. The summed E-state index contributed by atoms with van der Waals surface area (Å²) in [4.78, 5) is 9.57. The van der Waals surface area contributed by atoms with Gasteiger partial charge < -0.3 is 9.80 Å². The van der Waals surface area contributed by atoms with E-state index in [0.29, 0.717) is 12.1 Å². The minimum absolute atomic E-state index is 0.626. The number of aryl methyl sites for hydroxylation is 1. The fraction of sp³-hybridized carbons (Fsp3) is 0.526. The number of rotatable bonds is 3. The number of benzene rings is 1. The molecule has 0 atom stereocenters. The predicted molar refractivity (Wildman–Crippen MR) is 94.6 cm³/mol. The smallest absolute Gasteiger partial charge is 0.0722 e. The van der Waals surface area contributed by atoms with E-state index in [1.165, 1.54) is 42.6 Å². The fourth-order valence-electron chi connectivity index (χ4n) is 3.54. The van der Waals surface area contributed by atoms with Crippen molar-refractivity contribution in [3.63, 3.8) is 0 Å². The van der Waals surface area contributed by atoms with E-state index in [9.17, 15) is 0 Å². The van der Waals surface area contributed by atoms with E-state index in [2.05, 4.69) is 66.9 Å². The Morgan fingerprint density at radius 3 is 2.59 bits per heavy atom. The van der Waals surface area contributed by atoms with Crippen molar-refractivity contribution in [1.29, 1.82) is 0 Å². The van der Waals surface area contributed by atoms with Gasteiger partial charge in [0.25, 0.3) is 0 Å². The summed E-state index contributed by atoms with van der Waals surface area (Å²) in [6, 6.07) is 9.98. The summed E-state index contributed by atoms with van der Waals surface area (Å²) < 4.78 is 0. The number of pyridine rings is 1. The van der Waals surface area contributed by atoms with Crippen LogP contribution in [-0.4, -0.2) is 42.1 Å². The van der Waals surface area contributed by atoms with Crippen LogP contribution in [0.2, 0.25) is 0 Å². The van der Waals surface area contributed by atoms with Gasteiger partial charge in [0.05, 0.1) is 5.52 Å². The highest BCUT2D eigenvalue weighted by atomic mass is 15.2. The molecular formula is C19H27N3. The molecule has 3 rings (SSSR count). The van der Waals surface area contributed by atoms with Gasteiger partial charge in [0.15, 0.2) is 0 Å². The Labute approximate surface area is 133 Å². The number of hydrogen-bond donors (Lipinski definition) is 0. The highest BCUT2D eigenvalue weighted by Gasteiger charge is 2.24. The van der Waals surface area contributed by atoms with Gasteiger partial charge in [-0.05, 0) is 51.8 Å². The van der Waals surface area contributed by atoms with Gasteiger partial charge in [-0.25, -0.2) is 0 Å². The molecule has 0 amide bonds. The molecule has 1 aromatic carbocycles. The van der Waals surface area contributed by atoms with Crippen molar-refractivity contribution in [2.24, 2.45) is 0 Å². The normalized spacial score (nSPS) is 17.3. The van der Waals surface area contributed by atoms with E-state index >= 15 is 0 Å². The standard InChI is InChI=1S/C19H27N3/c1-14(2)22-11-8-16(9-12-22)21(4)19-7-10-20-18-6-5-15(3)13-17(18)19/h5-7,10,13-14,16H,8-9,11-12H2,1-4H3. The minimum Gasteiger partial charge on any atom is -0.371 e. The van der Waals surface area contributed by atoms with E-state index in [1.807, 2.05) is 6.20 Å². The molecule has 1 saturated heterocycles. The number of nitrogens with zero attached hydrogens (tertiary/aromatic N) is 3. The molecule has 2 heterocycles. The third-order valence-corrected chi connectivity index (χ3v) is 5.03. The average molecular weight is 297 g/mol. The van der Waals surface area contributed by atoms with Gasteiger partial charge in [0.1, 0.15) is 0 Å². The molecule has 0 bridgehead atoms. The van der Waals surface area contributed by atoms with Crippen LogP contribution in [0.5, 0.6) is 0 Å². The van der Waals surface area contributed by atoms with Crippen LogP contribution in [0.15, 0.2) is 30.5 Å². The zero-order chi connectivity index (χ0) is 15.7. The second kappa shape index (κ2) is 6.25. The van der Waals surface area contributed by atoms with Crippen molar-refractivity contribution in [2.75, 3.05) is 25.0 Å². The second-order valence-electron chi connectivity index (χ2n) is 6.82. The van der Waals surface area contributed by atoms with Crippen LogP contribution < -0.4 is 4.90 Å². The summed E-state index contributed by atoms with van der Waals surface area (Å²) in [7, 11) is 2.24. The van der Waals surface area contributed by atoms with Gasteiger partial charge >= 0.3 is 0 Å². The summed E-state index contributed by atoms with van der Waals surface area (Å²) >= 11 is 0. The lowest BCUT2D eigenvalue weighted by Gasteiger charge is -2.39. The molecule has 0 aliphatic carbocycles. The first-order valence-corrected chi connectivity index (χ1v) is 8.38. The third kappa shape index (κ3) is 2.95. The lowest BCUT2D eigenvalue weighted by atomic mass is 10.0. The van der Waals surface area contributed by atoms with Crippen molar-refractivity contribution in [3.8, 4) is 0 Å². The average Bonchev–Trinajstić information content (AvgIpc) is 2.53. The molecule has 118 valence electrons. The quantitative estimate of drug-likeness (QED) is 0.858. The maximum absolute atomic E-state index is 4.51. The molecule has 1 fully saturated rings. The van der Waals surface area contributed by atoms with Crippen LogP contribution in [0, 0.1) is 6.92 Å². The zero-order valence-electron chi connectivity index (χ0n) is 14.2. The third-order valence-electron chi connectivity index (χ3n) is 5.03. The van der Waals surface area contributed by atoms with E-state index < -0.39 is 0 Å². The SMILES string of the molecule is Cc1ccc2nccc(N(C)C3CCN(C(C)C)CC3)c2c1. The largest absolute Gasteiger partial charge is 0.371 e. The van der Waals surface area contributed by atoms with E-state index in [0.717, 1.165) is 5.52 Å². The van der Waals surface area contributed by atoms with Crippen LogP contribution in [-0.2, 0) is 0 Å². The molecule has 0 saturated carbocycles. The molecule has 3 nitrogen and oxygen atoms in total. The highest BCUT2D eigenvalue weighted by Crippen LogP contribution is 2.29. The molecule has 0 N–H and O–H groups in total. The maximum Gasteiger partial charge on any atom is 0.0722 e. The van der Waals surface area contributed by atoms with Gasteiger partial charge in [-0.3, -0.25) is 4.98 Å². The molecule has 1 aliphatic heterocycles. The molecule has 0 radical (unpaired) electrons. The Balaban J connectivity index is 1.84. The Morgan fingerprint density at radius 1 is 1.18 bits per heavy atom. The fourth-order valence-corrected chi connectivity index (χ4v) is 3.54. The summed E-state index contributed by atoms with van der Waals surface area (Å²) in [6.45, 7) is 9.15. The highest BCUT2D eigenvalue weighted by molar-refractivity contribution is 5.92. The van der Waals surface area contributed by atoms with Gasteiger partial charge in [0, 0.05) is 49.5 Å². The molecule has 3 heteroatoms. The van der Waals surface area contributed by atoms with Crippen molar-refractivity contribution in [1.82, 2.24) is 9.88 Å². The van der Waals surface area contributed by atoms with Gasteiger partial charge in [-0.1, -0.05) is 11.6 Å². The van der Waals surface area contributed by atoms with Crippen LogP contribution >= 0.6 is 0 Å². The van der Waals surface area contributed by atoms with Crippen LogP contribution in [0.4, 0.5) is 5.69 Å². The van der Waals surface area contributed by atoms with E-state index in [-0.39, 0.29) is 0 Å². The Hall–Kier alpha value is -1.61. The minimum atomic E-state index is 0.626. The molecule has 1 aromatic heterocycles. The van der Waals surface area contributed by atoms with E-state index in [1.54, 1.807) is 0 Å². The maximum atomic E-state index is 4.51. The van der Waals surface area contributed by atoms with E-state index in [4.69, 9.17) is 0 Å². The van der Waals surface area contributed by atoms with Crippen molar-refractivity contribution < 1.29 is 0 Å². The first-order chi connectivity index (χ1) is 10.6. The summed E-state index contributed by atoms with van der Waals surface area (Å²) in [5.74, 6) is 0. The monoisotopic (exact) mass is 297 g/mol. The number of anilines is 1. The summed E-state index contributed by atoms with van der Waals surface area (Å²) in [6.07, 6.45) is 4.42. The van der Waals surface area contributed by atoms with Gasteiger partial charge in [-0.15, -0.1) is 0 Å². The Kier molecular flexibility index (Phi) is 4.34. The van der Waals surface area contributed by atoms with Crippen molar-refractivity contribution in [3.05, 3.63) is 36.0 Å². The number of fused-ring (bicyclic) bond motifs is 1. The van der Waals surface area contributed by atoms with Gasteiger partial charge in [-0.2, -0.15) is 0 Å². The summed E-state index contributed by atoms with van der Waals surface area (Å²) in [5, 5.41) is 1.27. The Bertz CT molecular complexity index is 642. The van der Waals surface area contributed by atoms with Crippen molar-refractivity contribution >= 4 is 16.6 Å². The van der Waals surface area contributed by atoms with Gasteiger partial charge in [0.2, 0.25) is 0 Å². The number of aromatic nitrogens is 1. The molecule has 1 aliphatic rings. The first-order valence-electron chi connectivity index (χ1n) is 8.38. The zero-order valence-corrected chi connectivity index (χ0v) is 14.2. The van der Waals surface area contributed by atoms with Crippen molar-refractivity contribution in [2.45, 2.75) is 45.7 Å². The lowest BCUT2D eigenvalue weighted by Crippen LogP contribution is -2.45. The number of piperidine rings is 1. The van der Waals surface area contributed by atoms with Crippen LogP contribution in [0.25, 0.3) is 10.9 Å². The predicted octanol–water partition coefficient (Wildman–Crippen LogP) is 3.85. The first kappa shape index (κ1) is 15.3. The van der Waals surface area contributed by atoms with Crippen LogP contribution in [0.3, 0.4) is 0 Å². The second-order valence-corrected chi connectivity index (χ2v) is 6.82. The number of likely N-dealkylation sites (tertiary alicyclic amines) is 1. The Morgan fingerprint density at radius 2 is 1.91 bits per heavy atom. The molecular weight excluding hydrogens is 270 g/mol. The van der Waals surface area contributed by atoms with Crippen LogP contribution in [0.1, 0.15) is 32.3 Å². The number of hydrogen-bond acceptors (Lipinski definition) is 3.